The van der Waals surface area contributed by atoms with Gasteiger partial charge < -0.3 is 14.6 Å². The number of ether oxygens (including phenoxy) is 1. The average molecular weight is 576 g/mol. The molecule has 0 amide bonds. The number of aromatic amines is 1. The molecule has 5 aromatic rings. The first-order valence-corrected chi connectivity index (χ1v) is 13.8. The summed E-state index contributed by atoms with van der Waals surface area (Å²) >= 11 is 0. The van der Waals surface area contributed by atoms with E-state index in [0.717, 1.165) is 60.2 Å². The highest BCUT2D eigenvalue weighted by Crippen LogP contribution is 2.45. The zero-order valence-electron chi connectivity index (χ0n) is 23.3. The maximum absolute atomic E-state index is 13.2. The number of alkyl halides is 3. The molecule has 0 saturated heterocycles. The van der Waals surface area contributed by atoms with Crippen molar-refractivity contribution in [2.45, 2.75) is 64.2 Å². The number of methoxy groups -OCH3 is 1. The summed E-state index contributed by atoms with van der Waals surface area (Å²) in [5.74, 6) is 2.68. The first kappa shape index (κ1) is 26.4. The van der Waals surface area contributed by atoms with Crippen molar-refractivity contribution < 1.29 is 17.9 Å². The van der Waals surface area contributed by atoms with Gasteiger partial charge in [0.1, 0.15) is 23.2 Å². The number of nitrogens with one attached hydrogen (secondary N) is 1. The summed E-state index contributed by atoms with van der Waals surface area (Å²) in [7, 11) is 1.58. The molecule has 13 heteroatoms. The predicted molar refractivity (Wildman–Crippen MR) is 148 cm³/mol. The van der Waals surface area contributed by atoms with Gasteiger partial charge in [-0.3, -0.25) is 0 Å². The number of fused-ring (bicyclic) bond motifs is 1. The van der Waals surface area contributed by atoms with Crippen LogP contribution in [0, 0.1) is 13.8 Å². The highest BCUT2D eigenvalue weighted by Gasteiger charge is 2.36. The number of aryl methyl sites for hydroxylation is 2. The molecule has 2 aliphatic carbocycles. The molecule has 0 spiro atoms. The summed E-state index contributed by atoms with van der Waals surface area (Å²) in [6.07, 6.45) is 1.15. The van der Waals surface area contributed by atoms with Gasteiger partial charge in [0, 0.05) is 24.2 Å². The fourth-order valence-corrected chi connectivity index (χ4v) is 5.31. The lowest BCUT2D eigenvalue weighted by Crippen LogP contribution is -2.26. The molecule has 0 radical (unpaired) electrons. The second-order valence-electron chi connectivity index (χ2n) is 10.9. The summed E-state index contributed by atoms with van der Waals surface area (Å²) in [6, 6.07) is 8.73. The van der Waals surface area contributed by atoms with Gasteiger partial charge >= 0.3 is 6.18 Å². The van der Waals surface area contributed by atoms with Crippen molar-refractivity contribution in [2.75, 3.05) is 12.0 Å². The second-order valence-corrected chi connectivity index (χ2v) is 10.9. The van der Waals surface area contributed by atoms with Crippen LogP contribution in [0.2, 0.25) is 0 Å². The molecule has 2 aliphatic rings. The SMILES string of the molecule is COc1ncnc(C2CC2)c1-c1nc(N(Cc2ccc(-n3nc(C(F)(F)F)cc3C)cc2)C2CC2)c2[nH]c(C)nc2n1. The van der Waals surface area contributed by atoms with E-state index in [-0.39, 0.29) is 6.04 Å². The van der Waals surface area contributed by atoms with E-state index in [1.54, 1.807) is 26.2 Å². The molecule has 4 heterocycles. The van der Waals surface area contributed by atoms with Gasteiger partial charge in [-0.15, -0.1) is 0 Å². The monoisotopic (exact) mass is 575 g/mol. The third kappa shape index (κ3) is 4.82. The molecular weight excluding hydrogens is 547 g/mol. The number of imidazole rings is 1. The van der Waals surface area contributed by atoms with Crippen molar-refractivity contribution in [1.29, 1.82) is 0 Å². The Morgan fingerprint density at radius 2 is 1.79 bits per heavy atom. The highest BCUT2D eigenvalue weighted by atomic mass is 19.4. The van der Waals surface area contributed by atoms with Gasteiger partial charge in [0.15, 0.2) is 23.0 Å². The van der Waals surface area contributed by atoms with E-state index in [0.29, 0.717) is 46.8 Å². The molecule has 1 N–H and O–H groups in total. The predicted octanol–water partition coefficient (Wildman–Crippen LogP) is 5.69. The summed E-state index contributed by atoms with van der Waals surface area (Å²) in [6.45, 7) is 4.03. The Kier molecular flexibility index (Phi) is 6.13. The Morgan fingerprint density at radius 1 is 1.02 bits per heavy atom. The van der Waals surface area contributed by atoms with Crippen molar-refractivity contribution in [1.82, 2.24) is 39.7 Å². The van der Waals surface area contributed by atoms with Crippen molar-refractivity contribution in [3.8, 4) is 23.0 Å². The number of hydrogen-bond donors (Lipinski definition) is 1. The minimum Gasteiger partial charge on any atom is -0.480 e. The molecule has 4 aromatic heterocycles. The summed E-state index contributed by atoms with van der Waals surface area (Å²) in [5, 5.41) is 3.77. The van der Waals surface area contributed by atoms with Crippen LogP contribution in [0.1, 0.15) is 60.1 Å². The summed E-state index contributed by atoms with van der Waals surface area (Å²) in [4.78, 5) is 29.1. The second kappa shape index (κ2) is 9.78. The van der Waals surface area contributed by atoms with Crippen LogP contribution in [0.5, 0.6) is 5.88 Å². The number of nitrogens with zero attached hydrogens (tertiary/aromatic N) is 8. The van der Waals surface area contributed by atoms with Crippen LogP contribution in [-0.2, 0) is 12.7 Å². The van der Waals surface area contributed by atoms with Crippen LogP contribution in [-0.4, -0.2) is 52.8 Å². The molecule has 1 aromatic carbocycles. The maximum Gasteiger partial charge on any atom is 0.435 e. The van der Waals surface area contributed by atoms with E-state index in [1.165, 1.54) is 11.0 Å². The number of H-pyrrole nitrogens is 1. The zero-order chi connectivity index (χ0) is 29.2. The maximum atomic E-state index is 13.2. The molecule has 42 heavy (non-hydrogen) atoms. The number of benzene rings is 1. The Balaban J connectivity index is 1.27. The van der Waals surface area contributed by atoms with Gasteiger partial charge in [-0.05, 0) is 63.3 Å². The molecular formula is C29H28F3N9O. The Morgan fingerprint density at radius 3 is 2.43 bits per heavy atom. The molecule has 10 nitrogen and oxygen atoms in total. The molecule has 216 valence electrons. The number of hydrogen-bond acceptors (Lipinski definition) is 8. The minimum absolute atomic E-state index is 0.277. The molecule has 0 bridgehead atoms. The average Bonchev–Trinajstić information content (AvgIpc) is 3.90. The molecule has 2 fully saturated rings. The fourth-order valence-electron chi connectivity index (χ4n) is 5.31. The molecule has 0 aliphatic heterocycles. The Bertz CT molecular complexity index is 1790. The van der Waals surface area contributed by atoms with Gasteiger partial charge in [0.2, 0.25) is 5.88 Å². The number of rotatable bonds is 8. The summed E-state index contributed by atoms with van der Waals surface area (Å²) < 4.78 is 46.5. The van der Waals surface area contributed by atoms with Crippen LogP contribution in [0.15, 0.2) is 36.7 Å². The number of anilines is 1. The lowest BCUT2D eigenvalue weighted by atomic mass is 10.1. The normalized spacial score (nSPS) is 15.4. The van der Waals surface area contributed by atoms with E-state index >= 15 is 0 Å². The van der Waals surface area contributed by atoms with E-state index in [1.807, 2.05) is 19.1 Å². The Labute approximate surface area is 239 Å². The van der Waals surface area contributed by atoms with E-state index in [9.17, 15) is 13.2 Å². The Hall–Kier alpha value is -4.55. The first-order chi connectivity index (χ1) is 20.2. The fraction of sp³-hybridized carbons (Fsp3) is 0.379. The van der Waals surface area contributed by atoms with Crippen LogP contribution >= 0.6 is 0 Å². The van der Waals surface area contributed by atoms with Gasteiger partial charge in [-0.25, -0.2) is 29.6 Å². The number of halogens is 3. The molecule has 0 atom stereocenters. The van der Waals surface area contributed by atoms with Crippen molar-refractivity contribution >= 4 is 17.0 Å². The van der Waals surface area contributed by atoms with Crippen molar-refractivity contribution in [2.24, 2.45) is 0 Å². The van der Waals surface area contributed by atoms with Crippen molar-refractivity contribution in [3.05, 3.63) is 65.1 Å². The van der Waals surface area contributed by atoms with Gasteiger partial charge in [0.05, 0.1) is 18.5 Å². The molecule has 7 rings (SSSR count). The van der Waals surface area contributed by atoms with Crippen LogP contribution in [0.3, 0.4) is 0 Å². The van der Waals surface area contributed by atoms with Crippen LogP contribution < -0.4 is 9.64 Å². The minimum atomic E-state index is -4.50. The summed E-state index contributed by atoms with van der Waals surface area (Å²) in [5.41, 5.74) is 3.92. The van der Waals surface area contributed by atoms with E-state index in [2.05, 4.69) is 29.9 Å². The molecule has 0 unspecified atom stereocenters. The number of aromatic nitrogens is 8. The largest absolute Gasteiger partial charge is 0.480 e. The van der Waals surface area contributed by atoms with Gasteiger partial charge in [-0.2, -0.15) is 18.3 Å². The molecule has 2 saturated carbocycles. The smallest absolute Gasteiger partial charge is 0.435 e. The first-order valence-electron chi connectivity index (χ1n) is 13.8. The van der Waals surface area contributed by atoms with E-state index < -0.39 is 11.9 Å². The van der Waals surface area contributed by atoms with E-state index in [4.69, 9.17) is 14.7 Å². The lowest BCUT2D eigenvalue weighted by Gasteiger charge is -2.25. The zero-order valence-corrected chi connectivity index (χ0v) is 23.3. The quantitative estimate of drug-likeness (QED) is 0.251. The van der Waals surface area contributed by atoms with Crippen LogP contribution in [0.25, 0.3) is 28.2 Å². The third-order valence-corrected chi connectivity index (χ3v) is 7.64. The highest BCUT2D eigenvalue weighted by molar-refractivity contribution is 5.86. The lowest BCUT2D eigenvalue weighted by molar-refractivity contribution is -0.141. The third-order valence-electron chi connectivity index (χ3n) is 7.64. The van der Waals surface area contributed by atoms with Gasteiger partial charge in [-0.1, -0.05) is 12.1 Å². The van der Waals surface area contributed by atoms with Crippen LogP contribution in [0.4, 0.5) is 19.0 Å². The van der Waals surface area contributed by atoms with Gasteiger partial charge in [0.25, 0.3) is 0 Å². The standard InChI is InChI=1S/C29H28F3N9O/c1-15-12-21(29(30,31)32)39-41(15)20-8-4-17(5-9-20)13-40(19-10-11-19)27-24-26(36-16(2)35-24)37-25(38-27)22-23(18-6-7-18)33-14-34-28(22)42-3/h4-5,8-9,12,14,18-19H,6-7,10-11,13H2,1-3H3,(H,35,36,37,38). The van der Waals surface area contributed by atoms with Crippen molar-refractivity contribution in [3.63, 3.8) is 0 Å². The topological polar surface area (TPSA) is 111 Å².